The highest BCUT2D eigenvalue weighted by Gasteiger charge is 2.33. The van der Waals surface area contributed by atoms with E-state index in [-0.39, 0.29) is 35.6 Å². The molecule has 1 saturated heterocycles. The summed E-state index contributed by atoms with van der Waals surface area (Å²) in [7, 11) is 0. The molecule has 3 N–H and O–H groups in total. The number of halogens is 1. The highest BCUT2D eigenvalue weighted by atomic mass is 35.5. The lowest BCUT2D eigenvalue weighted by Gasteiger charge is -2.33. The molecule has 1 aliphatic heterocycles. The number of nitrogens with two attached hydrogens (primary N) is 1. The van der Waals surface area contributed by atoms with Crippen LogP contribution in [-0.2, 0) is 6.54 Å². The summed E-state index contributed by atoms with van der Waals surface area (Å²) in [4.78, 5) is 30.3. The summed E-state index contributed by atoms with van der Waals surface area (Å²) >= 11 is 0. The maximum Gasteiger partial charge on any atom is 0.274 e. The Hall–Kier alpha value is -3.04. The number of nitrogens with zero attached hydrogens (tertiary/aromatic N) is 4. The minimum absolute atomic E-state index is 0. The van der Waals surface area contributed by atoms with Gasteiger partial charge in [-0.3, -0.25) is 9.59 Å². The van der Waals surface area contributed by atoms with Crippen molar-refractivity contribution in [3.05, 3.63) is 63.9 Å². The Balaban J connectivity index is 0.00000240. The lowest BCUT2D eigenvalue weighted by molar-refractivity contribution is 0.0554. The van der Waals surface area contributed by atoms with Crippen LogP contribution < -0.4 is 11.3 Å². The van der Waals surface area contributed by atoms with E-state index in [0.29, 0.717) is 24.8 Å². The fourth-order valence-electron chi connectivity index (χ4n) is 3.32. The van der Waals surface area contributed by atoms with Gasteiger partial charge in [-0.1, -0.05) is 29.4 Å². The van der Waals surface area contributed by atoms with E-state index in [1.54, 1.807) is 4.90 Å². The van der Waals surface area contributed by atoms with Crippen LogP contribution in [0.25, 0.3) is 11.4 Å². The number of carbonyl (C=O) groups excluding carboxylic acids is 1. The average molecular weight is 417 g/mol. The van der Waals surface area contributed by atoms with Crippen LogP contribution in [0.15, 0.2) is 45.7 Å². The second-order valence-electron chi connectivity index (χ2n) is 6.67. The van der Waals surface area contributed by atoms with Gasteiger partial charge in [0.2, 0.25) is 11.7 Å². The number of hydrogen-bond donors (Lipinski definition) is 2. The Labute approximate surface area is 172 Å². The minimum atomic E-state index is -0.353. The molecule has 1 aromatic carbocycles. The number of carbonyl (C=O) groups is 1. The number of benzene rings is 1. The van der Waals surface area contributed by atoms with Crippen LogP contribution in [0.2, 0.25) is 0 Å². The molecular formula is C19H21ClN6O3. The molecule has 10 heteroatoms. The predicted molar refractivity (Wildman–Crippen MR) is 107 cm³/mol. The van der Waals surface area contributed by atoms with Crippen LogP contribution >= 0.6 is 12.4 Å². The Morgan fingerprint density at radius 3 is 2.69 bits per heavy atom. The molecule has 1 fully saturated rings. The fourth-order valence-corrected chi connectivity index (χ4v) is 3.32. The standard InChI is InChI=1S/C19H20N6O3.ClH/c20-11-12-4-6-13(7-5-12)17-21-18(28-24-17)15-3-1-2-10-25(15)19(27)14-8-9-16(26)23-22-14;/h4-9,15H,1-3,10-11,20H2,(H,23,26);1H. The maximum absolute atomic E-state index is 12.9. The van der Waals surface area contributed by atoms with Gasteiger partial charge >= 0.3 is 0 Å². The van der Waals surface area contributed by atoms with Gasteiger partial charge in [0, 0.05) is 24.7 Å². The Bertz CT molecular complexity index is 1010. The van der Waals surface area contributed by atoms with Gasteiger partial charge < -0.3 is 15.2 Å². The van der Waals surface area contributed by atoms with Gasteiger partial charge in [-0.05, 0) is 30.9 Å². The number of aromatic amines is 1. The molecule has 1 aliphatic rings. The maximum atomic E-state index is 12.9. The number of H-pyrrole nitrogens is 1. The Kier molecular flexibility index (Phi) is 6.40. The fraction of sp³-hybridized carbons (Fsp3) is 0.316. The summed E-state index contributed by atoms with van der Waals surface area (Å²) in [5.41, 5.74) is 7.30. The van der Waals surface area contributed by atoms with Crippen LogP contribution in [0.4, 0.5) is 0 Å². The minimum Gasteiger partial charge on any atom is -0.337 e. The first-order valence-corrected chi connectivity index (χ1v) is 9.15. The molecule has 3 heterocycles. The van der Waals surface area contributed by atoms with Gasteiger partial charge in [-0.15, -0.1) is 12.4 Å². The van der Waals surface area contributed by atoms with Gasteiger partial charge in [0.05, 0.1) is 0 Å². The summed E-state index contributed by atoms with van der Waals surface area (Å²) in [6, 6.07) is 10.0. The molecule has 0 radical (unpaired) electrons. The molecule has 9 nitrogen and oxygen atoms in total. The van der Waals surface area contributed by atoms with E-state index in [2.05, 4.69) is 20.3 Å². The highest BCUT2D eigenvalue weighted by Crippen LogP contribution is 2.32. The quantitative estimate of drug-likeness (QED) is 0.665. The van der Waals surface area contributed by atoms with Crippen LogP contribution in [0.3, 0.4) is 0 Å². The molecule has 3 aromatic rings. The van der Waals surface area contributed by atoms with Crippen molar-refractivity contribution in [2.75, 3.05) is 6.54 Å². The molecule has 0 saturated carbocycles. The zero-order valence-corrected chi connectivity index (χ0v) is 16.4. The van der Waals surface area contributed by atoms with E-state index < -0.39 is 0 Å². The summed E-state index contributed by atoms with van der Waals surface area (Å²) in [6.45, 7) is 1.03. The van der Waals surface area contributed by atoms with Crippen molar-refractivity contribution < 1.29 is 9.32 Å². The first-order valence-electron chi connectivity index (χ1n) is 9.15. The van der Waals surface area contributed by atoms with Gasteiger partial charge in [0.1, 0.15) is 11.7 Å². The molecule has 1 amide bonds. The third-order valence-corrected chi connectivity index (χ3v) is 4.84. The number of aromatic nitrogens is 4. The zero-order chi connectivity index (χ0) is 19.5. The predicted octanol–water partition coefficient (Wildman–Crippen LogP) is 2.07. The number of amides is 1. The van der Waals surface area contributed by atoms with Crippen LogP contribution in [-0.4, -0.2) is 37.7 Å². The molecule has 1 atom stereocenters. The second-order valence-corrected chi connectivity index (χ2v) is 6.67. The van der Waals surface area contributed by atoms with Crippen molar-refractivity contribution in [3.63, 3.8) is 0 Å². The Morgan fingerprint density at radius 2 is 2.00 bits per heavy atom. The van der Waals surface area contributed by atoms with Crippen molar-refractivity contribution >= 4 is 18.3 Å². The summed E-state index contributed by atoms with van der Waals surface area (Å²) < 4.78 is 5.49. The molecule has 152 valence electrons. The molecule has 4 rings (SSSR count). The third-order valence-electron chi connectivity index (χ3n) is 4.84. The number of nitrogens with one attached hydrogen (secondary N) is 1. The van der Waals surface area contributed by atoms with E-state index in [9.17, 15) is 9.59 Å². The largest absolute Gasteiger partial charge is 0.337 e. The third kappa shape index (κ3) is 4.36. The van der Waals surface area contributed by atoms with Gasteiger partial charge in [-0.25, -0.2) is 5.10 Å². The van der Waals surface area contributed by atoms with Crippen LogP contribution in [0, 0.1) is 0 Å². The summed E-state index contributed by atoms with van der Waals surface area (Å²) in [5, 5.41) is 10.2. The highest BCUT2D eigenvalue weighted by molar-refractivity contribution is 5.92. The zero-order valence-electron chi connectivity index (χ0n) is 15.6. The molecule has 0 spiro atoms. The molecule has 0 aliphatic carbocycles. The van der Waals surface area contributed by atoms with Crippen LogP contribution in [0.5, 0.6) is 0 Å². The lowest BCUT2D eigenvalue weighted by atomic mass is 10.0. The van der Waals surface area contributed by atoms with Crippen molar-refractivity contribution in [1.82, 2.24) is 25.2 Å². The lowest BCUT2D eigenvalue weighted by Crippen LogP contribution is -2.39. The van der Waals surface area contributed by atoms with E-state index in [1.807, 2.05) is 24.3 Å². The van der Waals surface area contributed by atoms with Crippen molar-refractivity contribution in [2.24, 2.45) is 5.73 Å². The molecule has 29 heavy (non-hydrogen) atoms. The molecule has 0 bridgehead atoms. The monoisotopic (exact) mass is 416 g/mol. The summed E-state index contributed by atoms with van der Waals surface area (Å²) in [6.07, 6.45) is 2.56. The SMILES string of the molecule is Cl.NCc1ccc(-c2noc(C3CCCCN3C(=O)c3ccc(=O)[nH]n3)n2)cc1. The van der Waals surface area contributed by atoms with Crippen molar-refractivity contribution in [3.8, 4) is 11.4 Å². The van der Waals surface area contributed by atoms with Crippen molar-refractivity contribution in [1.29, 1.82) is 0 Å². The second kappa shape index (κ2) is 8.97. The van der Waals surface area contributed by atoms with Crippen molar-refractivity contribution in [2.45, 2.75) is 31.8 Å². The van der Waals surface area contributed by atoms with Gasteiger partial charge in [0.15, 0.2) is 0 Å². The molecule has 2 aromatic heterocycles. The smallest absolute Gasteiger partial charge is 0.274 e. The van der Waals surface area contributed by atoms with E-state index >= 15 is 0 Å². The number of piperidine rings is 1. The molecule has 1 unspecified atom stereocenters. The topological polar surface area (TPSA) is 131 Å². The average Bonchev–Trinajstić information content (AvgIpc) is 3.24. The van der Waals surface area contributed by atoms with Gasteiger partial charge in [0.25, 0.3) is 11.5 Å². The van der Waals surface area contributed by atoms with Crippen LogP contribution in [0.1, 0.15) is 47.2 Å². The number of rotatable bonds is 4. The van der Waals surface area contributed by atoms with E-state index in [4.69, 9.17) is 10.3 Å². The summed E-state index contributed by atoms with van der Waals surface area (Å²) in [5.74, 6) is 0.599. The number of hydrogen-bond acceptors (Lipinski definition) is 7. The first-order chi connectivity index (χ1) is 13.7. The van der Waals surface area contributed by atoms with Gasteiger partial charge in [-0.2, -0.15) is 10.1 Å². The normalized spacial score (nSPS) is 16.3. The van der Waals surface area contributed by atoms with E-state index in [0.717, 1.165) is 30.4 Å². The Morgan fingerprint density at radius 1 is 1.21 bits per heavy atom. The number of likely N-dealkylation sites (tertiary alicyclic amines) is 1. The first kappa shape index (κ1) is 20.7. The molecular weight excluding hydrogens is 396 g/mol. The van der Waals surface area contributed by atoms with E-state index in [1.165, 1.54) is 12.1 Å².